The van der Waals surface area contributed by atoms with Crippen molar-refractivity contribution in [1.29, 1.82) is 0 Å². The molecule has 1 atom stereocenters. The Morgan fingerprint density at radius 2 is 2.10 bits per heavy atom. The standard InChI is InChI=1S/C14H12BrF2NO2S/c1-7(13-9(15)3-4-21-13)18-12-5-8(14(19)20-2)10(16)6-11(12)17/h3-7,18H,1-2H3. The summed E-state index contributed by atoms with van der Waals surface area (Å²) in [5, 5.41) is 4.83. The van der Waals surface area contributed by atoms with E-state index in [9.17, 15) is 13.6 Å². The van der Waals surface area contributed by atoms with Crippen LogP contribution in [-0.2, 0) is 4.74 Å². The van der Waals surface area contributed by atoms with Gasteiger partial charge in [0.25, 0.3) is 0 Å². The van der Waals surface area contributed by atoms with Crippen LogP contribution >= 0.6 is 27.3 Å². The molecule has 1 aromatic carbocycles. The minimum Gasteiger partial charge on any atom is -0.465 e. The first-order valence-electron chi connectivity index (χ1n) is 6.00. The number of esters is 1. The zero-order chi connectivity index (χ0) is 15.6. The zero-order valence-corrected chi connectivity index (χ0v) is 13.6. The topological polar surface area (TPSA) is 38.3 Å². The third-order valence-corrected chi connectivity index (χ3v) is 4.93. The molecule has 1 aromatic heterocycles. The highest BCUT2D eigenvalue weighted by atomic mass is 79.9. The Bertz CT molecular complexity index is 675. The Kier molecular flexibility index (Phi) is 4.95. The number of carbonyl (C=O) groups excluding carboxylic acids is 1. The molecule has 0 saturated heterocycles. The minimum atomic E-state index is -0.949. The molecule has 1 unspecified atom stereocenters. The molecular weight excluding hydrogens is 364 g/mol. The number of rotatable bonds is 4. The second kappa shape index (κ2) is 6.53. The van der Waals surface area contributed by atoms with Crippen LogP contribution < -0.4 is 5.32 Å². The smallest absolute Gasteiger partial charge is 0.340 e. The predicted octanol–water partition coefficient (Wildman–Crippen LogP) is 4.75. The van der Waals surface area contributed by atoms with Gasteiger partial charge in [0.1, 0.15) is 11.6 Å². The number of benzene rings is 1. The molecule has 2 aromatic rings. The lowest BCUT2D eigenvalue weighted by Crippen LogP contribution is -2.11. The molecule has 2 rings (SSSR count). The van der Waals surface area contributed by atoms with Crippen molar-refractivity contribution in [3.05, 3.63) is 50.1 Å². The fraction of sp³-hybridized carbons (Fsp3) is 0.214. The summed E-state index contributed by atoms with van der Waals surface area (Å²) < 4.78 is 32.8. The molecular formula is C14H12BrF2NO2S. The van der Waals surface area contributed by atoms with E-state index in [0.717, 1.165) is 22.5 Å². The summed E-state index contributed by atoms with van der Waals surface area (Å²) in [5.74, 6) is -2.56. The van der Waals surface area contributed by atoms with Gasteiger partial charge < -0.3 is 10.1 Å². The molecule has 0 aliphatic rings. The molecule has 0 radical (unpaired) electrons. The molecule has 0 spiro atoms. The van der Waals surface area contributed by atoms with Gasteiger partial charge in [-0.3, -0.25) is 0 Å². The maximum atomic E-state index is 13.8. The van der Waals surface area contributed by atoms with E-state index in [1.165, 1.54) is 11.3 Å². The van der Waals surface area contributed by atoms with Crippen LogP contribution in [0.1, 0.15) is 28.2 Å². The number of nitrogens with one attached hydrogen (secondary N) is 1. The lowest BCUT2D eigenvalue weighted by Gasteiger charge is -2.16. The first-order valence-corrected chi connectivity index (χ1v) is 7.68. The Morgan fingerprint density at radius 1 is 1.38 bits per heavy atom. The summed E-state index contributed by atoms with van der Waals surface area (Å²) in [5.41, 5.74) is -0.261. The van der Waals surface area contributed by atoms with E-state index < -0.39 is 17.6 Å². The molecule has 1 N–H and O–H groups in total. The normalized spacial score (nSPS) is 12.0. The second-order valence-electron chi connectivity index (χ2n) is 4.30. The van der Waals surface area contributed by atoms with E-state index in [0.29, 0.717) is 6.07 Å². The lowest BCUT2D eigenvalue weighted by atomic mass is 10.1. The molecule has 112 valence electrons. The van der Waals surface area contributed by atoms with Gasteiger partial charge in [0.05, 0.1) is 24.4 Å². The molecule has 0 fully saturated rings. The van der Waals surface area contributed by atoms with Crippen molar-refractivity contribution in [2.75, 3.05) is 12.4 Å². The molecule has 21 heavy (non-hydrogen) atoms. The fourth-order valence-corrected chi connectivity index (χ4v) is 3.56. The highest BCUT2D eigenvalue weighted by Gasteiger charge is 2.19. The summed E-state index contributed by atoms with van der Waals surface area (Å²) in [6.45, 7) is 1.84. The third kappa shape index (κ3) is 3.41. The van der Waals surface area contributed by atoms with Crippen molar-refractivity contribution < 1.29 is 18.3 Å². The maximum absolute atomic E-state index is 13.8. The van der Waals surface area contributed by atoms with Crippen LogP contribution in [0.3, 0.4) is 0 Å². The van der Waals surface area contributed by atoms with E-state index >= 15 is 0 Å². The van der Waals surface area contributed by atoms with Crippen LogP contribution in [0.4, 0.5) is 14.5 Å². The first-order chi connectivity index (χ1) is 9.93. The average molecular weight is 376 g/mol. The number of methoxy groups -OCH3 is 1. The van der Waals surface area contributed by atoms with Gasteiger partial charge in [-0.1, -0.05) is 0 Å². The number of carbonyl (C=O) groups is 1. The number of hydrogen-bond donors (Lipinski definition) is 1. The van der Waals surface area contributed by atoms with Crippen molar-refractivity contribution >= 4 is 38.9 Å². The van der Waals surface area contributed by atoms with Gasteiger partial charge in [-0.05, 0) is 40.4 Å². The molecule has 3 nitrogen and oxygen atoms in total. The molecule has 0 bridgehead atoms. The van der Waals surface area contributed by atoms with Gasteiger partial charge in [-0.15, -0.1) is 11.3 Å². The number of halogens is 3. The van der Waals surface area contributed by atoms with E-state index in [-0.39, 0.29) is 17.3 Å². The molecule has 0 aliphatic carbocycles. The highest BCUT2D eigenvalue weighted by Crippen LogP contribution is 2.32. The maximum Gasteiger partial charge on any atom is 0.340 e. The molecule has 0 aliphatic heterocycles. The molecule has 0 saturated carbocycles. The summed E-state index contributed by atoms with van der Waals surface area (Å²) in [4.78, 5) is 12.4. The Balaban J connectivity index is 2.32. The van der Waals surface area contributed by atoms with E-state index in [2.05, 4.69) is 26.0 Å². The minimum absolute atomic E-state index is 0.0459. The zero-order valence-electron chi connectivity index (χ0n) is 11.2. The Hall–Kier alpha value is -1.47. The van der Waals surface area contributed by atoms with Crippen LogP contribution in [0.2, 0.25) is 0 Å². The summed E-state index contributed by atoms with van der Waals surface area (Å²) in [6.07, 6.45) is 0. The average Bonchev–Trinajstić information content (AvgIpc) is 2.87. The van der Waals surface area contributed by atoms with Crippen molar-refractivity contribution in [3.63, 3.8) is 0 Å². The predicted molar refractivity (Wildman–Crippen MR) is 81.8 cm³/mol. The Labute approximate surface area is 133 Å². The van der Waals surface area contributed by atoms with Gasteiger partial charge in [-0.2, -0.15) is 0 Å². The lowest BCUT2D eigenvalue weighted by molar-refractivity contribution is 0.0595. The highest BCUT2D eigenvalue weighted by molar-refractivity contribution is 9.10. The van der Waals surface area contributed by atoms with Crippen LogP contribution in [0.15, 0.2) is 28.1 Å². The summed E-state index contributed by atoms with van der Waals surface area (Å²) >= 11 is 4.91. The summed E-state index contributed by atoms with van der Waals surface area (Å²) in [6, 6.07) is 3.48. The van der Waals surface area contributed by atoms with E-state index in [4.69, 9.17) is 0 Å². The third-order valence-electron chi connectivity index (χ3n) is 2.87. The van der Waals surface area contributed by atoms with Crippen molar-refractivity contribution in [3.8, 4) is 0 Å². The van der Waals surface area contributed by atoms with Gasteiger partial charge in [0.15, 0.2) is 0 Å². The Morgan fingerprint density at radius 3 is 2.67 bits per heavy atom. The fourth-order valence-electron chi connectivity index (χ4n) is 1.84. The van der Waals surface area contributed by atoms with Crippen LogP contribution in [-0.4, -0.2) is 13.1 Å². The number of ether oxygens (including phenoxy) is 1. The van der Waals surface area contributed by atoms with Crippen molar-refractivity contribution in [2.45, 2.75) is 13.0 Å². The van der Waals surface area contributed by atoms with Crippen LogP contribution in [0.5, 0.6) is 0 Å². The second-order valence-corrected chi connectivity index (χ2v) is 6.10. The largest absolute Gasteiger partial charge is 0.465 e. The molecule has 7 heteroatoms. The monoisotopic (exact) mass is 375 g/mol. The SMILES string of the molecule is COC(=O)c1cc(NC(C)c2sccc2Br)c(F)cc1F. The van der Waals surface area contributed by atoms with Crippen molar-refractivity contribution in [2.24, 2.45) is 0 Å². The molecule has 1 heterocycles. The first kappa shape index (κ1) is 15.9. The van der Waals surface area contributed by atoms with Gasteiger partial charge in [0, 0.05) is 15.4 Å². The van der Waals surface area contributed by atoms with E-state index in [1.54, 1.807) is 0 Å². The van der Waals surface area contributed by atoms with Gasteiger partial charge in [0.2, 0.25) is 0 Å². The summed E-state index contributed by atoms with van der Waals surface area (Å²) in [7, 11) is 1.14. The van der Waals surface area contributed by atoms with Crippen molar-refractivity contribution in [1.82, 2.24) is 0 Å². The van der Waals surface area contributed by atoms with E-state index in [1.807, 2.05) is 18.4 Å². The number of hydrogen-bond acceptors (Lipinski definition) is 4. The number of anilines is 1. The van der Waals surface area contributed by atoms with Gasteiger partial charge >= 0.3 is 5.97 Å². The van der Waals surface area contributed by atoms with Gasteiger partial charge in [-0.25, -0.2) is 13.6 Å². The molecule has 0 amide bonds. The van der Waals surface area contributed by atoms with Crippen LogP contribution in [0.25, 0.3) is 0 Å². The van der Waals surface area contributed by atoms with Crippen LogP contribution in [0, 0.1) is 11.6 Å². The quantitative estimate of drug-likeness (QED) is 0.783. The number of thiophene rings is 1.